The van der Waals surface area contributed by atoms with Gasteiger partial charge in [-0.1, -0.05) is 58.1 Å². The van der Waals surface area contributed by atoms with Crippen LogP contribution in [0.1, 0.15) is 80.3 Å². The van der Waals surface area contributed by atoms with Crippen LogP contribution in [0.15, 0.2) is 42.5 Å². The van der Waals surface area contributed by atoms with E-state index in [0.29, 0.717) is 29.2 Å². The molecule has 2 rings (SSSR count). The molecule has 29 heavy (non-hydrogen) atoms. The highest BCUT2D eigenvalue weighted by Gasteiger charge is 2.13. The lowest BCUT2D eigenvalue weighted by atomic mass is 10.1. The van der Waals surface area contributed by atoms with Crippen molar-refractivity contribution in [1.82, 2.24) is 0 Å². The SMILES string of the molecule is CCCCCCCc1ccc(OC(=O)c2ccc(OCCCC)c(C#N)c2)cc1. The second-order valence-electron chi connectivity index (χ2n) is 7.22. The molecule has 4 heteroatoms. The Morgan fingerprint density at radius 3 is 2.34 bits per heavy atom. The first-order valence-corrected chi connectivity index (χ1v) is 10.7. The molecule has 0 radical (unpaired) electrons. The third-order valence-corrected chi connectivity index (χ3v) is 4.79. The number of carbonyl (C=O) groups is 1. The minimum atomic E-state index is -0.478. The van der Waals surface area contributed by atoms with Gasteiger partial charge in [-0.2, -0.15) is 5.26 Å². The fourth-order valence-corrected chi connectivity index (χ4v) is 3.02. The summed E-state index contributed by atoms with van der Waals surface area (Å²) in [5.41, 5.74) is 1.93. The van der Waals surface area contributed by atoms with E-state index in [2.05, 4.69) is 19.9 Å². The molecule has 0 fully saturated rings. The Kier molecular flexibility index (Phi) is 9.78. The van der Waals surface area contributed by atoms with Gasteiger partial charge in [-0.05, 0) is 55.2 Å². The molecule has 0 heterocycles. The summed E-state index contributed by atoms with van der Waals surface area (Å²) in [5, 5.41) is 9.34. The Bertz CT molecular complexity index is 806. The zero-order valence-corrected chi connectivity index (χ0v) is 17.6. The monoisotopic (exact) mass is 393 g/mol. The third-order valence-electron chi connectivity index (χ3n) is 4.79. The zero-order chi connectivity index (χ0) is 20.9. The van der Waals surface area contributed by atoms with Crippen LogP contribution >= 0.6 is 0 Å². The molecule has 0 aliphatic carbocycles. The largest absolute Gasteiger partial charge is 0.492 e. The smallest absolute Gasteiger partial charge is 0.343 e. The van der Waals surface area contributed by atoms with E-state index in [0.717, 1.165) is 19.3 Å². The summed E-state index contributed by atoms with van der Waals surface area (Å²) in [7, 11) is 0. The van der Waals surface area contributed by atoms with E-state index in [1.807, 2.05) is 24.3 Å². The van der Waals surface area contributed by atoms with Crippen LogP contribution in [0.3, 0.4) is 0 Å². The quantitative estimate of drug-likeness (QED) is 0.235. The summed E-state index contributed by atoms with van der Waals surface area (Å²) < 4.78 is 11.1. The van der Waals surface area contributed by atoms with Crippen molar-refractivity contribution >= 4 is 5.97 Å². The second kappa shape index (κ2) is 12.6. The predicted octanol–water partition coefficient (Wildman–Crippen LogP) is 6.47. The van der Waals surface area contributed by atoms with Crippen LogP contribution in [-0.4, -0.2) is 12.6 Å². The first-order chi connectivity index (χ1) is 14.2. The highest BCUT2D eigenvalue weighted by Crippen LogP contribution is 2.22. The molecule has 2 aromatic carbocycles. The standard InChI is InChI=1S/C25H31NO3/c1-3-5-7-8-9-10-20-11-14-23(15-12-20)29-25(27)21-13-16-24(22(18-21)19-26)28-17-6-4-2/h11-16,18H,3-10,17H2,1-2H3. The maximum absolute atomic E-state index is 12.4. The molecular formula is C25H31NO3. The van der Waals surface area contributed by atoms with E-state index in [1.54, 1.807) is 12.1 Å². The average molecular weight is 394 g/mol. The summed E-state index contributed by atoms with van der Waals surface area (Å²) in [6.07, 6.45) is 9.26. The van der Waals surface area contributed by atoms with E-state index in [1.165, 1.54) is 43.7 Å². The zero-order valence-electron chi connectivity index (χ0n) is 17.6. The maximum Gasteiger partial charge on any atom is 0.343 e. The molecule has 0 amide bonds. The minimum absolute atomic E-state index is 0.337. The van der Waals surface area contributed by atoms with E-state index < -0.39 is 5.97 Å². The van der Waals surface area contributed by atoms with Gasteiger partial charge in [0.2, 0.25) is 0 Å². The van der Waals surface area contributed by atoms with Crippen LogP contribution in [0.5, 0.6) is 11.5 Å². The van der Waals surface area contributed by atoms with Gasteiger partial charge in [0.05, 0.1) is 17.7 Å². The number of ether oxygens (including phenoxy) is 2. The van der Waals surface area contributed by atoms with Gasteiger partial charge in [-0.15, -0.1) is 0 Å². The van der Waals surface area contributed by atoms with Gasteiger partial charge in [-0.25, -0.2) is 4.79 Å². The topological polar surface area (TPSA) is 59.3 Å². The van der Waals surface area contributed by atoms with Gasteiger partial charge in [0.15, 0.2) is 0 Å². The van der Waals surface area contributed by atoms with Gasteiger partial charge in [0.25, 0.3) is 0 Å². The highest BCUT2D eigenvalue weighted by molar-refractivity contribution is 5.91. The number of nitriles is 1. The lowest BCUT2D eigenvalue weighted by Gasteiger charge is -2.09. The first kappa shape index (κ1) is 22.5. The van der Waals surface area contributed by atoms with Crippen molar-refractivity contribution in [2.45, 2.75) is 65.2 Å². The Balaban J connectivity index is 1.91. The summed E-state index contributed by atoms with van der Waals surface area (Å²) in [5.74, 6) is 0.529. The van der Waals surface area contributed by atoms with Crippen molar-refractivity contribution in [2.75, 3.05) is 6.61 Å². The number of rotatable bonds is 12. The molecule has 0 spiro atoms. The van der Waals surface area contributed by atoms with E-state index in [-0.39, 0.29) is 0 Å². The normalized spacial score (nSPS) is 10.4. The molecule has 0 unspecified atom stereocenters. The molecule has 0 aliphatic rings. The van der Waals surface area contributed by atoms with E-state index in [4.69, 9.17) is 9.47 Å². The van der Waals surface area contributed by atoms with Crippen LogP contribution in [-0.2, 0) is 6.42 Å². The van der Waals surface area contributed by atoms with Gasteiger partial charge in [0, 0.05) is 0 Å². The summed E-state index contributed by atoms with van der Waals surface area (Å²) >= 11 is 0. The van der Waals surface area contributed by atoms with Crippen molar-refractivity contribution in [3.8, 4) is 17.6 Å². The summed E-state index contributed by atoms with van der Waals surface area (Å²) in [6.45, 7) is 4.85. The Morgan fingerprint density at radius 1 is 0.931 bits per heavy atom. The lowest BCUT2D eigenvalue weighted by molar-refractivity contribution is 0.0734. The molecular weight excluding hydrogens is 362 g/mol. The molecule has 0 saturated heterocycles. The molecule has 154 valence electrons. The van der Waals surface area contributed by atoms with Gasteiger partial charge < -0.3 is 9.47 Å². The molecule has 4 nitrogen and oxygen atoms in total. The molecule has 0 saturated carbocycles. The maximum atomic E-state index is 12.4. The van der Waals surface area contributed by atoms with Crippen LogP contribution in [0.4, 0.5) is 0 Å². The Hall–Kier alpha value is -2.80. The minimum Gasteiger partial charge on any atom is -0.492 e. The Morgan fingerprint density at radius 2 is 1.66 bits per heavy atom. The number of unbranched alkanes of at least 4 members (excludes halogenated alkanes) is 5. The number of aryl methyl sites for hydroxylation is 1. The first-order valence-electron chi connectivity index (χ1n) is 10.7. The summed E-state index contributed by atoms with van der Waals surface area (Å²) in [6, 6.07) is 14.6. The number of carbonyl (C=O) groups excluding carboxylic acids is 1. The number of hydrogen-bond acceptors (Lipinski definition) is 4. The van der Waals surface area contributed by atoms with Crippen molar-refractivity contribution in [3.05, 3.63) is 59.2 Å². The third kappa shape index (κ3) is 7.62. The second-order valence-corrected chi connectivity index (χ2v) is 7.22. The van der Waals surface area contributed by atoms with E-state index >= 15 is 0 Å². The summed E-state index contributed by atoms with van der Waals surface area (Å²) in [4.78, 5) is 12.4. The van der Waals surface area contributed by atoms with E-state index in [9.17, 15) is 10.1 Å². The van der Waals surface area contributed by atoms with Crippen molar-refractivity contribution in [2.24, 2.45) is 0 Å². The fourth-order valence-electron chi connectivity index (χ4n) is 3.02. The van der Waals surface area contributed by atoms with Crippen molar-refractivity contribution in [3.63, 3.8) is 0 Å². The van der Waals surface area contributed by atoms with Crippen molar-refractivity contribution < 1.29 is 14.3 Å². The highest BCUT2D eigenvalue weighted by atomic mass is 16.5. The number of hydrogen-bond donors (Lipinski definition) is 0. The molecule has 0 aromatic heterocycles. The number of esters is 1. The van der Waals surface area contributed by atoms with Crippen LogP contribution in [0.2, 0.25) is 0 Å². The molecule has 2 aromatic rings. The number of nitrogens with zero attached hydrogens (tertiary/aromatic N) is 1. The van der Waals surface area contributed by atoms with Crippen LogP contribution < -0.4 is 9.47 Å². The fraction of sp³-hybridized carbons (Fsp3) is 0.440. The predicted molar refractivity (Wildman–Crippen MR) is 115 cm³/mol. The van der Waals surface area contributed by atoms with Gasteiger partial charge >= 0.3 is 5.97 Å². The van der Waals surface area contributed by atoms with Crippen LogP contribution in [0, 0.1) is 11.3 Å². The van der Waals surface area contributed by atoms with Gasteiger partial charge in [0.1, 0.15) is 17.6 Å². The average Bonchev–Trinajstić information content (AvgIpc) is 2.75. The lowest BCUT2D eigenvalue weighted by Crippen LogP contribution is -2.09. The van der Waals surface area contributed by atoms with Gasteiger partial charge in [-0.3, -0.25) is 0 Å². The number of benzene rings is 2. The molecule has 0 N–H and O–H groups in total. The molecule has 0 atom stereocenters. The molecule has 0 aliphatic heterocycles. The van der Waals surface area contributed by atoms with Crippen molar-refractivity contribution in [1.29, 1.82) is 5.26 Å². The Labute approximate surface area is 174 Å². The van der Waals surface area contributed by atoms with Crippen LogP contribution in [0.25, 0.3) is 0 Å². The molecule has 0 bridgehead atoms.